The lowest BCUT2D eigenvalue weighted by Crippen LogP contribution is -2.45. The van der Waals surface area contributed by atoms with Gasteiger partial charge in [0.25, 0.3) is 5.91 Å². The van der Waals surface area contributed by atoms with Crippen LogP contribution in [0.25, 0.3) is 0 Å². The van der Waals surface area contributed by atoms with Gasteiger partial charge in [0.05, 0.1) is 0 Å². The zero-order valence-electron chi connectivity index (χ0n) is 12.7. The van der Waals surface area contributed by atoms with Crippen LogP contribution in [0.4, 0.5) is 0 Å². The van der Waals surface area contributed by atoms with Gasteiger partial charge in [-0.2, -0.15) is 0 Å². The SMILES string of the molecule is CC(C)c1nc(C(=O)NC(CN(C)C)C(C)C)n[nH]1. The summed E-state index contributed by atoms with van der Waals surface area (Å²) in [6.45, 7) is 8.99. The number of H-pyrrole nitrogens is 1. The Kier molecular flexibility index (Phi) is 5.47. The Morgan fingerprint density at radius 3 is 2.37 bits per heavy atom. The average Bonchev–Trinajstić information content (AvgIpc) is 2.76. The van der Waals surface area contributed by atoms with Gasteiger partial charge in [0, 0.05) is 18.5 Å². The van der Waals surface area contributed by atoms with Crippen molar-refractivity contribution in [1.29, 1.82) is 0 Å². The first-order chi connectivity index (χ1) is 8.81. The Morgan fingerprint density at radius 1 is 1.32 bits per heavy atom. The predicted octanol–water partition coefficient (Wildman–Crippen LogP) is 1.24. The van der Waals surface area contributed by atoms with Crippen LogP contribution in [0.5, 0.6) is 0 Å². The zero-order valence-corrected chi connectivity index (χ0v) is 12.7. The van der Waals surface area contributed by atoms with Crippen molar-refractivity contribution in [2.24, 2.45) is 5.92 Å². The number of carbonyl (C=O) groups is 1. The van der Waals surface area contributed by atoms with Crippen molar-refractivity contribution in [3.05, 3.63) is 11.6 Å². The molecule has 1 amide bonds. The number of hydrogen-bond acceptors (Lipinski definition) is 4. The van der Waals surface area contributed by atoms with Crippen LogP contribution < -0.4 is 5.32 Å². The highest BCUT2D eigenvalue weighted by molar-refractivity contribution is 5.90. The first kappa shape index (κ1) is 15.6. The van der Waals surface area contributed by atoms with Gasteiger partial charge in [-0.25, -0.2) is 4.98 Å². The lowest BCUT2D eigenvalue weighted by Gasteiger charge is -2.25. The number of likely N-dealkylation sites (N-methyl/N-ethyl adjacent to an activating group) is 1. The van der Waals surface area contributed by atoms with E-state index in [2.05, 4.69) is 39.2 Å². The molecule has 108 valence electrons. The van der Waals surface area contributed by atoms with Gasteiger partial charge in [0.1, 0.15) is 5.82 Å². The van der Waals surface area contributed by atoms with Crippen LogP contribution in [0.3, 0.4) is 0 Å². The molecular formula is C13H25N5O. The first-order valence-electron chi connectivity index (χ1n) is 6.69. The van der Waals surface area contributed by atoms with Crippen molar-refractivity contribution in [1.82, 2.24) is 25.4 Å². The number of carbonyl (C=O) groups excluding carboxylic acids is 1. The Hall–Kier alpha value is -1.43. The smallest absolute Gasteiger partial charge is 0.291 e. The fourth-order valence-electron chi connectivity index (χ4n) is 1.68. The van der Waals surface area contributed by atoms with E-state index in [0.29, 0.717) is 5.92 Å². The molecule has 0 aliphatic rings. The molecule has 0 saturated heterocycles. The van der Waals surface area contributed by atoms with Crippen molar-refractivity contribution in [2.75, 3.05) is 20.6 Å². The van der Waals surface area contributed by atoms with Crippen molar-refractivity contribution >= 4 is 5.91 Å². The molecule has 0 saturated carbocycles. The summed E-state index contributed by atoms with van der Waals surface area (Å²) >= 11 is 0. The molecule has 0 fully saturated rings. The summed E-state index contributed by atoms with van der Waals surface area (Å²) in [6.07, 6.45) is 0. The third-order valence-electron chi connectivity index (χ3n) is 2.94. The summed E-state index contributed by atoms with van der Waals surface area (Å²) in [5, 5.41) is 9.75. The fourth-order valence-corrected chi connectivity index (χ4v) is 1.68. The van der Waals surface area contributed by atoms with Crippen molar-refractivity contribution in [3.8, 4) is 0 Å². The largest absolute Gasteiger partial charge is 0.345 e. The standard InChI is InChI=1S/C13H25N5O/c1-8(2)10(7-18(5)6)14-13(19)12-15-11(9(3)4)16-17-12/h8-10H,7H2,1-6H3,(H,14,19)(H,15,16,17). The van der Waals surface area contributed by atoms with Crippen LogP contribution in [-0.4, -0.2) is 52.7 Å². The summed E-state index contributed by atoms with van der Waals surface area (Å²) in [7, 11) is 3.98. The van der Waals surface area contributed by atoms with E-state index in [1.807, 2.05) is 27.9 Å². The molecule has 1 rings (SSSR count). The molecular weight excluding hydrogens is 242 g/mol. The average molecular weight is 267 g/mol. The highest BCUT2D eigenvalue weighted by Crippen LogP contribution is 2.08. The highest BCUT2D eigenvalue weighted by Gasteiger charge is 2.20. The number of aromatic amines is 1. The van der Waals surface area contributed by atoms with Gasteiger partial charge in [0.2, 0.25) is 5.82 Å². The first-order valence-corrected chi connectivity index (χ1v) is 6.69. The van der Waals surface area contributed by atoms with E-state index in [0.717, 1.165) is 12.4 Å². The monoisotopic (exact) mass is 267 g/mol. The maximum absolute atomic E-state index is 12.1. The molecule has 6 heteroatoms. The van der Waals surface area contributed by atoms with Crippen molar-refractivity contribution in [2.45, 2.75) is 39.7 Å². The Bertz CT molecular complexity index is 411. The Morgan fingerprint density at radius 2 is 1.95 bits per heavy atom. The van der Waals surface area contributed by atoms with Crippen LogP contribution in [-0.2, 0) is 0 Å². The Labute approximate surface area is 115 Å². The number of rotatable bonds is 6. The van der Waals surface area contributed by atoms with Crippen LogP contribution in [0, 0.1) is 5.92 Å². The van der Waals surface area contributed by atoms with E-state index in [9.17, 15) is 4.79 Å². The maximum atomic E-state index is 12.1. The van der Waals surface area contributed by atoms with Gasteiger partial charge in [-0.05, 0) is 20.0 Å². The summed E-state index contributed by atoms with van der Waals surface area (Å²) in [5.41, 5.74) is 0. The lowest BCUT2D eigenvalue weighted by atomic mass is 10.0. The molecule has 0 aromatic carbocycles. The molecule has 0 radical (unpaired) electrons. The number of hydrogen-bond donors (Lipinski definition) is 2. The zero-order chi connectivity index (χ0) is 14.6. The second-order valence-electron chi connectivity index (χ2n) is 5.79. The van der Waals surface area contributed by atoms with Crippen LogP contribution in [0.2, 0.25) is 0 Å². The molecule has 1 aromatic rings. The van der Waals surface area contributed by atoms with Gasteiger partial charge < -0.3 is 10.2 Å². The summed E-state index contributed by atoms with van der Waals surface area (Å²) in [5.74, 6) is 1.32. The number of aromatic nitrogens is 3. The number of nitrogens with zero attached hydrogens (tertiary/aromatic N) is 3. The minimum atomic E-state index is -0.219. The van der Waals surface area contributed by atoms with E-state index in [1.54, 1.807) is 0 Å². The molecule has 19 heavy (non-hydrogen) atoms. The summed E-state index contributed by atoms with van der Waals surface area (Å²) < 4.78 is 0. The maximum Gasteiger partial charge on any atom is 0.291 e. The molecule has 1 atom stereocenters. The van der Waals surface area contributed by atoms with Gasteiger partial charge in [-0.15, -0.1) is 5.10 Å². The normalized spacial score (nSPS) is 13.3. The summed E-state index contributed by atoms with van der Waals surface area (Å²) in [6, 6.07) is 0.0866. The van der Waals surface area contributed by atoms with E-state index in [-0.39, 0.29) is 23.7 Å². The third kappa shape index (κ3) is 4.63. The molecule has 0 aliphatic carbocycles. The summed E-state index contributed by atoms with van der Waals surface area (Å²) in [4.78, 5) is 18.4. The highest BCUT2D eigenvalue weighted by atomic mass is 16.2. The molecule has 0 bridgehead atoms. The number of amides is 1. The van der Waals surface area contributed by atoms with Crippen molar-refractivity contribution in [3.63, 3.8) is 0 Å². The lowest BCUT2D eigenvalue weighted by molar-refractivity contribution is 0.0906. The minimum Gasteiger partial charge on any atom is -0.345 e. The Balaban J connectivity index is 2.70. The van der Waals surface area contributed by atoms with Crippen LogP contribution in [0.15, 0.2) is 0 Å². The van der Waals surface area contributed by atoms with E-state index in [1.165, 1.54) is 0 Å². The molecule has 0 aliphatic heterocycles. The predicted molar refractivity (Wildman–Crippen MR) is 75.1 cm³/mol. The second-order valence-corrected chi connectivity index (χ2v) is 5.79. The van der Waals surface area contributed by atoms with Crippen LogP contribution >= 0.6 is 0 Å². The molecule has 0 spiro atoms. The van der Waals surface area contributed by atoms with Crippen molar-refractivity contribution < 1.29 is 4.79 Å². The van der Waals surface area contributed by atoms with Gasteiger partial charge in [0.15, 0.2) is 0 Å². The molecule has 6 nitrogen and oxygen atoms in total. The van der Waals surface area contributed by atoms with E-state index >= 15 is 0 Å². The van der Waals surface area contributed by atoms with Gasteiger partial charge in [-0.3, -0.25) is 9.89 Å². The molecule has 1 unspecified atom stereocenters. The van der Waals surface area contributed by atoms with Gasteiger partial charge in [-0.1, -0.05) is 27.7 Å². The fraction of sp³-hybridized carbons (Fsp3) is 0.769. The quantitative estimate of drug-likeness (QED) is 0.813. The van der Waals surface area contributed by atoms with E-state index < -0.39 is 0 Å². The molecule has 1 heterocycles. The minimum absolute atomic E-state index is 0.0866. The molecule has 1 aromatic heterocycles. The number of nitrogens with one attached hydrogen (secondary N) is 2. The third-order valence-corrected chi connectivity index (χ3v) is 2.94. The molecule has 2 N–H and O–H groups in total. The van der Waals surface area contributed by atoms with E-state index in [4.69, 9.17) is 0 Å². The second kappa shape index (κ2) is 6.65. The van der Waals surface area contributed by atoms with Crippen LogP contribution in [0.1, 0.15) is 50.1 Å². The van der Waals surface area contributed by atoms with Gasteiger partial charge >= 0.3 is 0 Å². The topological polar surface area (TPSA) is 73.9 Å².